The minimum absolute atomic E-state index is 0.142. The van der Waals surface area contributed by atoms with Gasteiger partial charge >= 0.3 is 0 Å². The van der Waals surface area contributed by atoms with Gasteiger partial charge in [0.25, 0.3) is 5.22 Å². The molecule has 0 saturated carbocycles. The number of oxazole rings is 1. The van der Waals surface area contributed by atoms with Crippen LogP contribution in [0.2, 0.25) is 5.02 Å². The van der Waals surface area contributed by atoms with Crippen molar-refractivity contribution < 1.29 is 13.6 Å². The van der Waals surface area contributed by atoms with E-state index >= 15 is 0 Å². The van der Waals surface area contributed by atoms with Crippen molar-refractivity contribution in [3.05, 3.63) is 81.3 Å². The lowest BCUT2D eigenvalue weighted by Crippen LogP contribution is -2.30. The highest BCUT2D eigenvalue weighted by Crippen LogP contribution is 2.28. The standard InChI is InChI=1S/C20H14ClFN2O2S2/c21-13-5-8-15-16(10-13)26-20(23-15)28-11-18(25)24-19(17-2-1-9-27-17)12-3-6-14(22)7-4-12/h1-10,19H,11H2,(H,24,25)/t19-/m1/s1. The molecule has 0 aliphatic rings. The summed E-state index contributed by atoms with van der Waals surface area (Å²) in [5, 5.41) is 5.92. The van der Waals surface area contributed by atoms with E-state index in [0.717, 1.165) is 10.4 Å². The Bertz CT molecular complexity index is 1100. The van der Waals surface area contributed by atoms with Crippen LogP contribution in [0.25, 0.3) is 11.1 Å². The Morgan fingerprint density at radius 3 is 2.82 bits per heavy atom. The van der Waals surface area contributed by atoms with Crippen LogP contribution in [-0.2, 0) is 4.79 Å². The zero-order valence-electron chi connectivity index (χ0n) is 14.4. The predicted molar refractivity (Wildman–Crippen MR) is 110 cm³/mol. The quantitative estimate of drug-likeness (QED) is 0.398. The van der Waals surface area contributed by atoms with E-state index in [1.54, 1.807) is 30.3 Å². The minimum atomic E-state index is -0.337. The topological polar surface area (TPSA) is 55.1 Å². The minimum Gasteiger partial charge on any atom is -0.431 e. The number of carbonyl (C=O) groups is 1. The molecule has 0 radical (unpaired) electrons. The first-order valence-corrected chi connectivity index (χ1v) is 10.6. The number of hydrogen-bond acceptors (Lipinski definition) is 5. The van der Waals surface area contributed by atoms with Crippen molar-refractivity contribution in [2.24, 2.45) is 0 Å². The van der Waals surface area contributed by atoms with Crippen LogP contribution in [0.5, 0.6) is 0 Å². The van der Waals surface area contributed by atoms with Gasteiger partial charge in [0, 0.05) is 16.0 Å². The molecule has 2 aromatic carbocycles. The van der Waals surface area contributed by atoms with Crippen LogP contribution in [0.4, 0.5) is 4.39 Å². The molecule has 1 N–H and O–H groups in total. The van der Waals surface area contributed by atoms with Gasteiger partial charge in [-0.05, 0) is 41.3 Å². The van der Waals surface area contributed by atoms with Crippen molar-refractivity contribution in [3.63, 3.8) is 0 Å². The smallest absolute Gasteiger partial charge is 0.257 e. The van der Waals surface area contributed by atoms with E-state index in [1.807, 2.05) is 17.5 Å². The van der Waals surface area contributed by atoms with Gasteiger partial charge in [0.2, 0.25) is 5.91 Å². The van der Waals surface area contributed by atoms with Crippen molar-refractivity contribution in [1.82, 2.24) is 10.3 Å². The molecule has 0 bridgehead atoms. The monoisotopic (exact) mass is 432 g/mol. The number of nitrogens with zero attached hydrogens (tertiary/aromatic N) is 1. The predicted octanol–water partition coefficient (Wildman–Crippen LogP) is 5.68. The number of halogens is 2. The lowest BCUT2D eigenvalue weighted by Gasteiger charge is -2.18. The van der Waals surface area contributed by atoms with E-state index in [1.165, 1.54) is 35.2 Å². The van der Waals surface area contributed by atoms with E-state index < -0.39 is 0 Å². The SMILES string of the molecule is O=C(CSc1nc2ccc(Cl)cc2o1)N[C@H](c1ccc(F)cc1)c1cccs1. The zero-order valence-corrected chi connectivity index (χ0v) is 16.8. The fraction of sp³-hybridized carbons (Fsp3) is 0.100. The molecule has 4 nitrogen and oxygen atoms in total. The van der Waals surface area contributed by atoms with Crippen LogP contribution >= 0.6 is 34.7 Å². The average molecular weight is 433 g/mol. The molecule has 0 fully saturated rings. The normalized spacial score (nSPS) is 12.2. The molecule has 0 saturated heterocycles. The number of rotatable bonds is 6. The highest BCUT2D eigenvalue weighted by molar-refractivity contribution is 7.99. The molecule has 4 aromatic rings. The molecule has 4 rings (SSSR count). The second kappa shape index (κ2) is 8.34. The Hall–Kier alpha value is -2.35. The van der Waals surface area contributed by atoms with Crippen molar-refractivity contribution in [1.29, 1.82) is 0 Å². The average Bonchev–Trinajstić information content (AvgIpc) is 3.34. The number of amides is 1. The van der Waals surface area contributed by atoms with Crippen LogP contribution in [-0.4, -0.2) is 16.6 Å². The highest BCUT2D eigenvalue weighted by atomic mass is 35.5. The van der Waals surface area contributed by atoms with Crippen LogP contribution in [0.15, 0.2) is 69.6 Å². The Balaban J connectivity index is 1.46. The van der Waals surface area contributed by atoms with E-state index in [2.05, 4.69) is 10.3 Å². The summed E-state index contributed by atoms with van der Waals surface area (Å²) in [6.07, 6.45) is 0. The van der Waals surface area contributed by atoms with Crippen LogP contribution in [0.3, 0.4) is 0 Å². The summed E-state index contributed by atoms with van der Waals surface area (Å²) in [5.74, 6) is -0.344. The number of hydrogen-bond donors (Lipinski definition) is 1. The van der Waals surface area contributed by atoms with Crippen molar-refractivity contribution in [2.45, 2.75) is 11.3 Å². The summed E-state index contributed by atoms with van der Waals surface area (Å²) in [7, 11) is 0. The molecule has 1 amide bonds. The molecule has 2 heterocycles. The number of fused-ring (bicyclic) bond motifs is 1. The number of nitrogens with one attached hydrogen (secondary N) is 1. The lowest BCUT2D eigenvalue weighted by atomic mass is 10.1. The Kier molecular flexibility index (Phi) is 5.66. The van der Waals surface area contributed by atoms with E-state index in [0.29, 0.717) is 21.3 Å². The largest absolute Gasteiger partial charge is 0.431 e. The van der Waals surface area contributed by atoms with Gasteiger partial charge in [0.1, 0.15) is 11.3 Å². The molecule has 2 aromatic heterocycles. The fourth-order valence-electron chi connectivity index (χ4n) is 2.70. The third-order valence-electron chi connectivity index (χ3n) is 3.99. The maximum Gasteiger partial charge on any atom is 0.257 e. The fourth-order valence-corrected chi connectivity index (χ4v) is 4.31. The molecule has 0 aliphatic heterocycles. The third kappa shape index (κ3) is 4.38. The second-order valence-corrected chi connectivity index (χ2v) is 8.29. The first-order valence-electron chi connectivity index (χ1n) is 8.35. The molecular weight excluding hydrogens is 419 g/mol. The van der Waals surface area contributed by atoms with E-state index in [9.17, 15) is 9.18 Å². The summed E-state index contributed by atoms with van der Waals surface area (Å²) < 4.78 is 18.9. The molecule has 0 aliphatic carbocycles. The number of aromatic nitrogens is 1. The van der Waals surface area contributed by atoms with Gasteiger partial charge in [0.15, 0.2) is 5.58 Å². The second-order valence-electron chi connectivity index (χ2n) is 5.95. The van der Waals surface area contributed by atoms with Crippen LogP contribution in [0, 0.1) is 5.82 Å². The number of thioether (sulfide) groups is 1. The number of carbonyl (C=O) groups excluding carboxylic acids is 1. The summed E-state index contributed by atoms with van der Waals surface area (Å²) in [6, 6.07) is 14.9. The molecule has 1 atom stereocenters. The van der Waals surface area contributed by atoms with Gasteiger partial charge in [-0.25, -0.2) is 9.37 Å². The van der Waals surface area contributed by atoms with Gasteiger partial charge in [-0.1, -0.05) is 41.6 Å². The molecule has 142 valence electrons. The molecular formula is C20H14ClFN2O2S2. The van der Waals surface area contributed by atoms with E-state index in [4.69, 9.17) is 16.0 Å². The molecule has 8 heteroatoms. The number of benzene rings is 2. The van der Waals surface area contributed by atoms with Gasteiger partial charge in [0.05, 0.1) is 11.8 Å². The highest BCUT2D eigenvalue weighted by Gasteiger charge is 2.19. The lowest BCUT2D eigenvalue weighted by molar-refractivity contribution is -0.119. The Labute approximate surface area is 173 Å². The molecule has 0 spiro atoms. The maximum atomic E-state index is 13.3. The number of thiophene rings is 1. The summed E-state index contributed by atoms with van der Waals surface area (Å²) >= 11 is 8.69. The third-order valence-corrected chi connectivity index (χ3v) is 5.99. The van der Waals surface area contributed by atoms with E-state index in [-0.39, 0.29) is 23.5 Å². The van der Waals surface area contributed by atoms with Crippen molar-refractivity contribution in [3.8, 4) is 0 Å². The van der Waals surface area contributed by atoms with Crippen LogP contribution < -0.4 is 5.32 Å². The van der Waals surface area contributed by atoms with Crippen molar-refractivity contribution >= 4 is 51.7 Å². The van der Waals surface area contributed by atoms with Gasteiger partial charge in [-0.15, -0.1) is 11.3 Å². The first-order chi connectivity index (χ1) is 13.6. The first kappa shape index (κ1) is 19.0. The molecule has 28 heavy (non-hydrogen) atoms. The van der Waals surface area contributed by atoms with Crippen molar-refractivity contribution in [2.75, 3.05) is 5.75 Å². The zero-order chi connectivity index (χ0) is 19.5. The summed E-state index contributed by atoms with van der Waals surface area (Å²) in [4.78, 5) is 17.9. The van der Waals surface area contributed by atoms with Gasteiger partial charge < -0.3 is 9.73 Å². The Morgan fingerprint density at radius 1 is 1.25 bits per heavy atom. The molecule has 0 unspecified atom stereocenters. The van der Waals surface area contributed by atoms with Crippen LogP contribution in [0.1, 0.15) is 16.5 Å². The van der Waals surface area contributed by atoms with Gasteiger partial charge in [-0.3, -0.25) is 4.79 Å². The summed E-state index contributed by atoms with van der Waals surface area (Å²) in [6.45, 7) is 0. The maximum absolute atomic E-state index is 13.3. The van der Waals surface area contributed by atoms with Gasteiger partial charge in [-0.2, -0.15) is 0 Å². The summed E-state index contributed by atoms with van der Waals surface area (Å²) in [5.41, 5.74) is 2.09. The Morgan fingerprint density at radius 2 is 2.07 bits per heavy atom.